The molecule has 2 nitrogen and oxygen atoms in total. The average Bonchev–Trinajstić information content (AvgIpc) is 1.65. The largest absolute Gasteiger partial charge is 0.374 e. The Morgan fingerprint density at radius 3 is 2.50 bits per heavy atom. The Labute approximate surface area is 49.5 Å². The van der Waals surface area contributed by atoms with Crippen molar-refractivity contribution in [3.05, 3.63) is 24.9 Å². The first-order valence-corrected chi connectivity index (χ1v) is 2.42. The maximum atomic E-state index is 8.63. The predicted octanol–water partition coefficient (Wildman–Crippen LogP) is 0.614. The van der Waals surface area contributed by atoms with Crippen molar-refractivity contribution >= 4 is 0 Å². The van der Waals surface area contributed by atoms with Crippen molar-refractivity contribution in [1.82, 2.24) is 5.32 Å². The Balaban J connectivity index is 3.39. The van der Waals surface area contributed by atoms with E-state index in [1.54, 1.807) is 13.0 Å². The molecule has 46 valence electrons. The van der Waals surface area contributed by atoms with E-state index in [0.717, 1.165) is 0 Å². The quantitative estimate of drug-likeness (QED) is 0.415. The van der Waals surface area contributed by atoms with Gasteiger partial charge in [0.15, 0.2) is 0 Å². The molecule has 0 amide bonds. The van der Waals surface area contributed by atoms with E-state index in [9.17, 15) is 0 Å². The normalized spacial score (nSPS) is 12.2. The van der Waals surface area contributed by atoms with Crippen molar-refractivity contribution in [3.8, 4) is 0 Å². The minimum absolute atomic E-state index is 0.541. The third kappa shape index (κ3) is 3.43. The molecule has 0 saturated heterocycles. The second-order valence-corrected chi connectivity index (χ2v) is 1.55. The summed E-state index contributed by atoms with van der Waals surface area (Å²) < 4.78 is 0. The Kier molecular flexibility index (Phi) is 2.96. The van der Waals surface area contributed by atoms with Crippen LogP contribution in [0.3, 0.4) is 0 Å². The molecule has 0 bridgehead atoms. The van der Waals surface area contributed by atoms with Crippen molar-refractivity contribution in [2.45, 2.75) is 13.2 Å². The van der Waals surface area contributed by atoms with Gasteiger partial charge in [0.05, 0.1) is 0 Å². The highest BCUT2D eigenvalue weighted by atomic mass is 16.3. The molecule has 0 radical (unpaired) electrons. The van der Waals surface area contributed by atoms with Crippen LogP contribution in [0.2, 0.25) is 0 Å². The molecule has 0 aliphatic carbocycles. The van der Waals surface area contributed by atoms with Crippen LogP contribution in [0.25, 0.3) is 0 Å². The summed E-state index contributed by atoms with van der Waals surface area (Å²) in [6, 6.07) is 0. The molecule has 0 aliphatic rings. The monoisotopic (exact) mass is 113 g/mol. The van der Waals surface area contributed by atoms with Gasteiger partial charge < -0.3 is 10.4 Å². The SMILES string of the molecule is C=CC(=C)NC(C)O. The van der Waals surface area contributed by atoms with Gasteiger partial charge in [-0.05, 0) is 13.0 Å². The lowest BCUT2D eigenvalue weighted by Gasteiger charge is -2.06. The predicted molar refractivity (Wildman–Crippen MR) is 34.2 cm³/mol. The Morgan fingerprint density at radius 1 is 1.88 bits per heavy atom. The van der Waals surface area contributed by atoms with E-state index in [0.29, 0.717) is 5.70 Å². The molecule has 1 atom stereocenters. The fraction of sp³-hybridized carbons (Fsp3) is 0.333. The number of hydrogen-bond donors (Lipinski definition) is 2. The van der Waals surface area contributed by atoms with Gasteiger partial charge in [0.2, 0.25) is 0 Å². The van der Waals surface area contributed by atoms with Crippen LogP contribution in [0, 0.1) is 0 Å². The zero-order valence-corrected chi connectivity index (χ0v) is 5.02. The minimum Gasteiger partial charge on any atom is -0.374 e. The first-order valence-electron chi connectivity index (χ1n) is 2.42. The fourth-order valence-electron chi connectivity index (χ4n) is 0.327. The Morgan fingerprint density at radius 2 is 2.38 bits per heavy atom. The number of hydrogen-bond acceptors (Lipinski definition) is 2. The summed E-state index contributed by atoms with van der Waals surface area (Å²) in [7, 11) is 0. The fourth-order valence-corrected chi connectivity index (χ4v) is 0.327. The van der Waals surface area contributed by atoms with Crippen molar-refractivity contribution in [2.75, 3.05) is 0 Å². The molecule has 0 aromatic rings. The summed E-state index contributed by atoms with van der Waals surface area (Å²) >= 11 is 0. The molecule has 1 unspecified atom stereocenters. The molecule has 8 heavy (non-hydrogen) atoms. The van der Waals surface area contributed by atoms with Gasteiger partial charge in [-0.15, -0.1) is 0 Å². The third-order valence-corrected chi connectivity index (χ3v) is 0.641. The van der Waals surface area contributed by atoms with Gasteiger partial charge in [0.1, 0.15) is 6.23 Å². The van der Waals surface area contributed by atoms with Crippen LogP contribution in [0.15, 0.2) is 24.9 Å². The summed E-state index contributed by atoms with van der Waals surface area (Å²) in [6.45, 7) is 8.58. The lowest BCUT2D eigenvalue weighted by Crippen LogP contribution is -2.22. The maximum absolute atomic E-state index is 8.63. The number of rotatable bonds is 3. The Bertz CT molecular complexity index is 96.7. The molecule has 0 aliphatic heterocycles. The van der Waals surface area contributed by atoms with Gasteiger partial charge in [0.25, 0.3) is 0 Å². The van der Waals surface area contributed by atoms with Gasteiger partial charge in [-0.25, -0.2) is 0 Å². The molecule has 2 N–H and O–H groups in total. The molecule has 2 heteroatoms. The number of nitrogens with one attached hydrogen (secondary N) is 1. The number of aliphatic hydroxyl groups excluding tert-OH is 1. The first kappa shape index (κ1) is 7.24. The van der Waals surface area contributed by atoms with Crippen molar-refractivity contribution in [3.63, 3.8) is 0 Å². The zero-order chi connectivity index (χ0) is 6.57. The molecule has 0 saturated carbocycles. The summed E-state index contributed by atoms with van der Waals surface area (Å²) in [4.78, 5) is 0. The first-order chi connectivity index (χ1) is 3.66. The van der Waals surface area contributed by atoms with E-state index < -0.39 is 6.23 Å². The summed E-state index contributed by atoms with van der Waals surface area (Å²) in [5, 5.41) is 11.3. The third-order valence-electron chi connectivity index (χ3n) is 0.641. The standard InChI is InChI=1S/C6H11NO/c1-4-5(2)7-6(3)8/h4,6-8H,1-2H2,3H3. The summed E-state index contributed by atoms with van der Waals surface area (Å²) in [6.07, 6.45) is 1.01. The number of aliphatic hydroxyl groups is 1. The minimum atomic E-state index is -0.541. The van der Waals surface area contributed by atoms with Crippen molar-refractivity contribution in [1.29, 1.82) is 0 Å². The maximum Gasteiger partial charge on any atom is 0.121 e. The van der Waals surface area contributed by atoms with E-state index in [-0.39, 0.29) is 0 Å². The highest BCUT2D eigenvalue weighted by Crippen LogP contribution is 1.84. The van der Waals surface area contributed by atoms with Gasteiger partial charge in [-0.1, -0.05) is 13.2 Å². The zero-order valence-electron chi connectivity index (χ0n) is 5.02. The summed E-state index contributed by atoms with van der Waals surface area (Å²) in [5.41, 5.74) is 0.639. The molecule has 0 rings (SSSR count). The van der Waals surface area contributed by atoms with Crippen LogP contribution in [0.4, 0.5) is 0 Å². The van der Waals surface area contributed by atoms with Gasteiger partial charge in [-0.2, -0.15) is 0 Å². The van der Waals surface area contributed by atoms with Crippen LogP contribution in [-0.4, -0.2) is 11.3 Å². The van der Waals surface area contributed by atoms with E-state index in [1.807, 2.05) is 0 Å². The van der Waals surface area contributed by atoms with E-state index in [2.05, 4.69) is 18.5 Å². The lowest BCUT2D eigenvalue weighted by atomic mass is 10.4. The van der Waals surface area contributed by atoms with Crippen LogP contribution in [-0.2, 0) is 0 Å². The molecule has 0 heterocycles. The second kappa shape index (κ2) is 3.27. The topological polar surface area (TPSA) is 32.3 Å². The lowest BCUT2D eigenvalue weighted by molar-refractivity contribution is 0.171. The average molecular weight is 113 g/mol. The van der Waals surface area contributed by atoms with E-state index in [1.165, 1.54) is 0 Å². The molecule has 0 spiro atoms. The van der Waals surface area contributed by atoms with Crippen LogP contribution < -0.4 is 5.32 Å². The molecule has 0 aromatic carbocycles. The summed E-state index contributed by atoms with van der Waals surface area (Å²) in [5.74, 6) is 0. The molecular weight excluding hydrogens is 102 g/mol. The highest BCUT2D eigenvalue weighted by Gasteiger charge is 1.89. The number of allylic oxidation sites excluding steroid dienone is 1. The molecule has 0 fully saturated rings. The second-order valence-electron chi connectivity index (χ2n) is 1.55. The molecular formula is C6H11NO. The van der Waals surface area contributed by atoms with Gasteiger partial charge in [-0.3, -0.25) is 0 Å². The van der Waals surface area contributed by atoms with Crippen LogP contribution in [0.1, 0.15) is 6.92 Å². The van der Waals surface area contributed by atoms with Gasteiger partial charge >= 0.3 is 0 Å². The van der Waals surface area contributed by atoms with Crippen LogP contribution >= 0.6 is 0 Å². The molecule has 0 aromatic heterocycles. The van der Waals surface area contributed by atoms with E-state index >= 15 is 0 Å². The van der Waals surface area contributed by atoms with Crippen molar-refractivity contribution in [2.24, 2.45) is 0 Å². The smallest absolute Gasteiger partial charge is 0.121 e. The van der Waals surface area contributed by atoms with E-state index in [4.69, 9.17) is 5.11 Å². The van der Waals surface area contributed by atoms with Gasteiger partial charge in [0, 0.05) is 5.70 Å². The Hall–Kier alpha value is -0.760. The van der Waals surface area contributed by atoms with Crippen molar-refractivity contribution < 1.29 is 5.11 Å². The van der Waals surface area contributed by atoms with Crippen LogP contribution in [0.5, 0.6) is 0 Å². The highest BCUT2D eigenvalue weighted by molar-refractivity contribution is 5.07.